The number of carbonyl (C=O) groups excluding carboxylic acids is 1. The van der Waals surface area contributed by atoms with E-state index in [4.69, 9.17) is 23.2 Å². The van der Waals surface area contributed by atoms with Crippen LogP contribution in [-0.2, 0) is 14.8 Å². The highest BCUT2D eigenvalue weighted by Crippen LogP contribution is 2.28. The van der Waals surface area contributed by atoms with Gasteiger partial charge < -0.3 is 5.32 Å². The normalized spacial score (nSPS) is 12.5. The Morgan fingerprint density at radius 1 is 1.11 bits per heavy atom. The molecule has 5 nitrogen and oxygen atoms in total. The molecule has 2 aromatic carbocycles. The molecule has 146 valence electrons. The Morgan fingerprint density at radius 3 is 2.26 bits per heavy atom. The van der Waals surface area contributed by atoms with Crippen molar-refractivity contribution in [2.45, 2.75) is 26.3 Å². The maximum absolute atomic E-state index is 12.6. The van der Waals surface area contributed by atoms with E-state index in [-0.39, 0.29) is 23.3 Å². The Labute approximate surface area is 170 Å². The number of hydrogen-bond acceptors (Lipinski definition) is 3. The van der Waals surface area contributed by atoms with E-state index < -0.39 is 15.9 Å². The number of amides is 1. The molecule has 8 heteroatoms. The second-order valence-electron chi connectivity index (χ2n) is 6.31. The van der Waals surface area contributed by atoms with Gasteiger partial charge in [-0.15, -0.1) is 0 Å². The number of sulfonamides is 1. The minimum atomic E-state index is -3.68. The molecule has 0 aliphatic heterocycles. The first-order valence-corrected chi connectivity index (χ1v) is 11.0. The molecule has 0 fully saturated rings. The molecule has 1 amide bonds. The van der Waals surface area contributed by atoms with Crippen molar-refractivity contribution >= 4 is 44.8 Å². The second kappa shape index (κ2) is 8.95. The van der Waals surface area contributed by atoms with E-state index in [1.807, 2.05) is 38.1 Å². The molecule has 1 unspecified atom stereocenters. The van der Waals surface area contributed by atoms with Crippen molar-refractivity contribution in [3.63, 3.8) is 0 Å². The molecule has 0 spiro atoms. The monoisotopic (exact) mass is 428 g/mol. The summed E-state index contributed by atoms with van der Waals surface area (Å²) in [4.78, 5) is 12.6. The first-order chi connectivity index (χ1) is 12.6. The summed E-state index contributed by atoms with van der Waals surface area (Å²) in [6.07, 6.45) is 1.72. The Hall–Kier alpha value is -1.76. The fourth-order valence-corrected chi connectivity index (χ4v) is 3.77. The van der Waals surface area contributed by atoms with Crippen molar-refractivity contribution in [2.75, 3.05) is 17.1 Å². The summed E-state index contributed by atoms with van der Waals surface area (Å²) >= 11 is 11.9. The predicted molar refractivity (Wildman–Crippen MR) is 111 cm³/mol. The largest absolute Gasteiger partial charge is 0.348 e. The lowest BCUT2D eigenvalue weighted by Crippen LogP contribution is -2.41. The average Bonchev–Trinajstić information content (AvgIpc) is 2.60. The summed E-state index contributed by atoms with van der Waals surface area (Å²) in [5.74, 6) is -0.404. The lowest BCUT2D eigenvalue weighted by molar-refractivity contribution is -0.120. The zero-order valence-electron chi connectivity index (χ0n) is 15.4. The SMILES string of the molecule is CCC(NC(=O)CN(c1ccc(Cl)c(Cl)c1)S(C)(=O)=O)c1ccc(C)cc1. The van der Waals surface area contributed by atoms with Crippen LogP contribution in [0.2, 0.25) is 10.0 Å². The third-order valence-electron chi connectivity index (χ3n) is 4.10. The van der Waals surface area contributed by atoms with Crippen LogP contribution in [-0.4, -0.2) is 27.1 Å². The van der Waals surface area contributed by atoms with E-state index in [0.717, 1.165) is 21.7 Å². The lowest BCUT2D eigenvalue weighted by atomic mass is 10.0. The number of halogens is 2. The van der Waals surface area contributed by atoms with Crippen molar-refractivity contribution in [3.05, 3.63) is 63.6 Å². The smallest absolute Gasteiger partial charge is 0.241 e. The van der Waals surface area contributed by atoms with Crippen LogP contribution in [0.15, 0.2) is 42.5 Å². The lowest BCUT2D eigenvalue weighted by Gasteiger charge is -2.24. The minimum Gasteiger partial charge on any atom is -0.348 e. The standard InChI is InChI=1S/C19H22Cl2N2O3S/c1-4-18(14-7-5-13(2)6-8-14)22-19(24)12-23(27(3,25)26)15-9-10-16(20)17(21)11-15/h5-11,18H,4,12H2,1-3H3,(H,22,24). The molecule has 0 saturated heterocycles. The Bertz CT molecular complexity index is 915. The van der Waals surface area contributed by atoms with Crippen molar-refractivity contribution < 1.29 is 13.2 Å². The van der Waals surface area contributed by atoms with Gasteiger partial charge in [0.1, 0.15) is 6.54 Å². The molecule has 1 atom stereocenters. The molecular formula is C19H22Cl2N2O3S. The molecule has 0 aromatic heterocycles. The quantitative estimate of drug-likeness (QED) is 0.712. The van der Waals surface area contributed by atoms with E-state index in [1.165, 1.54) is 18.2 Å². The topological polar surface area (TPSA) is 66.5 Å². The zero-order valence-corrected chi connectivity index (χ0v) is 17.7. The summed E-state index contributed by atoms with van der Waals surface area (Å²) in [5.41, 5.74) is 2.38. The van der Waals surface area contributed by atoms with Gasteiger partial charge in [-0.3, -0.25) is 9.10 Å². The third-order valence-corrected chi connectivity index (χ3v) is 5.98. The summed E-state index contributed by atoms with van der Waals surface area (Å²) < 4.78 is 25.4. The van der Waals surface area contributed by atoms with Crippen molar-refractivity contribution in [3.8, 4) is 0 Å². The maximum atomic E-state index is 12.6. The highest BCUT2D eigenvalue weighted by atomic mass is 35.5. The molecule has 0 bridgehead atoms. The van der Waals surface area contributed by atoms with E-state index >= 15 is 0 Å². The number of hydrogen-bond donors (Lipinski definition) is 1. The first kappa shape index (κ1) is 21.5. The van der Waals surface area contributed by atoms with E-state index in [9.17, 15) is 13.2 Å². The van der Waals surface area contributed by atoms with Gasteiger partial charge in [-0.25, -0.2) is 8.42 Å². The van der Waals surface area contributed by atoms with Gasteiger partial charge in [0.25, 0.3) is 0 Å². The summed E-state index contributed by atoms with van der Waals surface area (Å²) in [7, 11) is -3.68. The highest BCUT2D eigenvalue weighted by molar-refractivity contribution is 7.92. The zero-order chi connectivity index (χ0) is 20.2. The number of aryl methyl sites for hydroxylation is 1. The number of carbonyl (C=O) groups is 1. The Kier molecular flexibility index (Phi) is 7.14. The average molecular weight is 429 g/mol. The molecule has 2 rings (SSSR count). The molecular weight excluding hydrogens is 407 g/mol. The summed E-state index contributed by atoms with van der Waals surface area (Å²) in [6, 6.07) is 12.1. The summed E-state index contributed by atoms with van der Waals surface area (Å²) in [6.45, 7) is 3.60. The third kappa shape index (κ3) is 5.86. The molecule has 1 N–H and O–H groups in total. The van der Waals surface area contributed by atoms with Gasteiger partial charge in [0.05, 0.1) is 28.0 Å². The van der Waals surface area contributed by atoms with Crippen LogP contribution in [0.4, 0.5) is 5.69 Å². The predicted octanol–water partition coefficient (Wildman–Crippen LogP) is 4.34. The van der Waals surface area contributed by atoms with E-state index in [0.29, 0.717) is 11.4 Å². The van der Waals surface area contributed by atoms with Crippen LogP contribution >= 0.6 is 23.2 Å². The molecule has 2 aromatic rings. The van der Waals surface area contributed by atoms with Crippen LogP contribution < -0.4 is 9.62 Å². The van der Waals surface area contributed by atoms with Crippen LogP contribution in [0, 0.1) is 6.92 Å². The van der Waals surface area contributed by atoms with Gasteiger partial charge in [-0.2, -0.15) is 0 Å². The molecule has 0 aliphatic rings. The molecule has 0 saturated carbocycles. The maximum Gasteiger partial charge on any atom is 0.241 e. The number of nitrogens with zero attached hydrogens (tertiary/aromatic N) is 1. The van der Waals surface area contributed by atoms with Crippen LogP contribution in [0.5, 0.6) is 0 Å². The van der Waals surface area contributed by atoms with Gasteiger partial charge in [0.2, 0.25) is 15.9 Å². The molecule has 0 heterocycles. The Morgan fingerprint density at radius 2 is 1.74 bits per heavy atom. The number of nitrogens with one attached hydrogen (secondary N) is 1. The van der Waals surface area contributed by atoms with E-state index in [2.05, 4.69) is 5.32 Å². The van der Waals surface area contributed by atoms with Crippen LogP contribution in [0.1, 0.15) is 30.5 Å². The van der Waals surface area contributed by atoms with Crippen molar-refractivity contribution in [2.24, 2.45) is 0 Å². The van der Waals surface area contributed by atoms with Gasteiger partial charge in [-0.1, -0.05) is 60.0 Å². The molecule has 0 radical (unpaired) electrons. The fourth-order valence-electron chi connectivity index (χ4n) is 2.63. The van der Waals surface area contributed by atoms with Gasteiger partial charge in [0.15, 0.2) is 0 Å². The number of rotatable bonds is 7. The molecule has 0 aliphatic carbocycles. The van der Waals surface area contributed by atoms with Crippen molar-refractivity contribution in [1.82, 2.24) is 5.32 Å². The van der Waals surface area contributed by atoms with E-state index in [1.54, 1.807) is 0 Å². The van der Waals surface area contributed by atoms with Crippen LogP contribution in [0.25, 0.3) is 0 Å². The summed E-state index contributed by atoms with van der Waals surface area (Å²) in [5, 5.41) is 3.42. The fraction of sp³-hybridized carbons (Fsp3) is 0.316. The van der Waals surface area contributed by atoms with Gasteiger partial charge >= 0.3 is 0 Å². The number of anilines is 1. The van der Waals surface area contributed by atoms with Gasteiger partial charge in [0, 0.05) is 0 Å². The number of benzene rings is 2. The van der Waals surface area contributed by atoms with Crippen molar-refractivity contribution in [1.29, 1.82) is 0 Å². The minimum absolute atomic E-state index is 0.201. The van der Waals surface area contributed by atoms with Gasteiger partial charge in [-0.05, 0) is 37.1 Å². The Balaban J connectivity index is 2.20. The highest BCUT2D eigenvalue weighted by Gasteiger charge is 2.23. The second-order valence-corrected chi connectivity index (χ2v) is 9.03. The van der Waals surface area contributed by atoms with Crippen LogP contribution in [0.3, 0.4) is 0 Å². The molecule has 27 heavy (non-hydrogen) atoms. The first-order valence-electron chi connectivity index (χ1n) is 8.40.